The minimum Gasteiger partial charge on any atom is -0.490 e. The van der Waals surface area contributed by atoms with E-state index in [1.165, 1.54) is 40.7 Å². The van der Waals surface area contributed by atoms with E-state index >= 15 is 0 Å². The van der Waals surface area contributed by atoms with Crippen LogP contribution < -0.4 is 24.4 Å². The van der Waals surface area contributed by atoms with Gasteiger partial charge in [-0.25, -0.2) is 27.4 Å². The number of carbonyl (C=O) groups is 3. The molecule has 3 aromatic carbocycles. The van der Waals surface area contributed by atoms with Gasteiger partial charge in [-0.2, -0.15) is 4.63 Å². The molecule has 0 bridgehead atoms. The average Bonchev–Trinajstić information content (AvgIpc) is 4.04. The van der Waals surface area contributed by atoms with E-state index in [-0.39, 0.29) is 53.5 Å². The van der Waals surface area contributed by atoms with E-state index in [1.54, 1.807) is 50.4 Å². The Morgan fingerprint density at radius 2 is 1.60 bits per heavy atom. The number of carbonyl (C=O) groups excluding carboxylic acids is 2. The number of fused-ring (bicyclic) bond motifs is 2. The van der Waals surface area contributed by atoms with Gasteiger partial charge in [0.25, 0.3) is 5.91 Å². The Bertz CT molecular complexity index is 3070. The summed E-state index contributed by atoms with van der Waals surface area (Å²) < 4.78 is 49.7. The SMILES string of the molecule is CC(=O)N(c1cccc(C(=O)O)c1)C(C)c1nnc2c(Cl)c(C)[nH]n12.CCOCCOc1ccc(NC(=O)C(C)Oc2ccc(C)cc2C)cc1S(=O)(=O)NCC(C)c1nc2c(Cl)c(C)[nH]n2n1. The number of halogens is 2. The van der Waals surface area contributed by atoms with Crippen LogP contribution in [0.2, 0.25) is 10.0 Å². The van der Waals surface area contributed by atoms with E-state index in [0.29, 0.717) is 51.0 Å². The number of aryl methyl sites for hydroxylation is 4. The molecule has 0 aliphatic heterocycles. The molecule has 7 aromatic rings. The van der Waals surface area contributed by atoms with Crippen molar-refractivity contribution in [3.63, 3.8) is 0 Å². The second-order valence-electron chi connectivity index (χ2n) is 15.9. The van der Waals surface area contributed by atoms with Crippen molar-refractivity contribution in [2.75, 3.05) is 36.6 Å². The molecule has 7 rings (SSSR count). The number of anilines is 2. The summed E-state index contributed by atoms with van der Waals surface area (Å²) >= 11 is 12.4. The van der Waals surface area contributed by atoms with Gasteiger partial charge in [0, 0.05) is 37.4 Å². The van der Waals surface area contributed by atoms with Gasteiger partial charge in [0.05, 0.1) is 29.6 Å². The third kappa shape index (κ3) is 11.6. The molecule has 0 aliphatic carbocycles. The number of benzene rings is 3. The molecule has 0 saturated carbocycles. The van der Waals surface area contributed by atoms with E-state index in [1.807, 2.05) is 45.9 Å². The zero-order chi connectivity index (χ0) is 49.6. The summed E-state index contributed by atoms with van der Waals surface area (Å²) in [7, 11) is -4.10. The summed E-state index contributed by atoms with van der Waals surface area (Å²) in [4.78, 5) is 42.2. The zero-order valence-electron chi connectivity index (χ0n) is 38.8. The summed E-state index contributed by atoms with van der Waals surface area (Å²) in [5.74, 6) is -0.513. The summed E-state index contributed by atoms with van der Waals surface area (Å²) in [6.45, 7) is 16.9. The number of nitrogens with zero attached hydrogens (tertiary/aromatic N) is 7. The van der Waals surface area contributed by atoms with E-state index < -0.39 is 34.0 Å². The van der Waals surface area contributed by atoms with Crippen molar-refractivity contribution < 1.29 is 42.1 Å². The number of hydrogen-bond donors (Lipinski definition) is 5. The Hall–Kier alpha value is -6.52. The van der Waals surface area contributed by atoms with Crippen molar-refractivity contribution in [1.82, 2.24) is 44.3 Å². The van der Waals surface area contributed by atoms with E-state index in [9.17, 15) is 27.9 Å². The predicted molar refractivity (Wildman–Crippen MR) is 256 cm³/mol. The first-order valence-corrected chi connectivity index (χ1v) is 23.7. The molecule has 2 amide bonds. The van der Waals surface area contributed by atoms with Crippen molar-refractivity contribution in [2.24, 2.45) is 0 Å². The molecule has 0 radical (unpaired) electrons. The first-order valence-electron chi connectivity index (χ1n) is 21.4. The van der Waals surface area contributed by atoms with Crippen LogP contribution in [-0.2, 0) is 24.3 Å². The number of amides is 2. The van der Waals surface area contributed by atoms with Crippen molar-refractivity contribution in [1.29, 1.82) is 0 Å². The number of ether oxygens (including phenoxy) is 3. The lowest BCUT2D eigenvalue weighted by molar-refractivity contribution is -0.122. The monoisotopic (exact) mass is 993 g/mol. The number of aromatic nitrogens is 8. The fraction of sp³-hybridized carbons (Fsp3) is 0.356. The molecule has 0 aliphatic rings. The largest absolute Gasteiger partial charge is 0.490 e. The highest BCUT2D eigenvalue weighted by Crippen LogP contribution is 2.31. The van der Waals surface area contributed by atoms with Crippen molar-refractivity contribution in [3.8, 4) is 11.5 Å². The lowest BCUT2D eigenvalue weighted by Gasteiger charge is -2.27. The second kappa shape index (κ2) is 21.6. The Balaban J connectivity index is 0.000000257. The number of carboxylic acid groups (broad SMARTS) is 1. The van der Waals surface area contributed by atoms with Gasteiger partial charge in [-0.15, -0.1) is 15.3 Å². The normalized spacial score (nSPS) is 12.9. The van der Waals surface area contributed by atoms with Crippen molar-refractivity contribution in [3.05, 3.63) is 110 Å². The highest BCUT2D eigenvalue weighted by Gasteiger charge is 2.28. The van der Waals surface area contributed by atoms with Gasteiger partial charge in [0.1, 0.15) is 33.0 Å². The summed E-state index contributed by atoms with van der Waals surface area (Å²) in [5.41, 5.74) is 5.23. The highest BCUT2D eigenvalue weighted by molar-refractivity contribution is 7.89. The first-order chi connectivity index (χ1) is 32.2. The number of nitrogens with one attached hydrogen (secondary N) is 4. The zero-order valence-corrected chi connectivity index (χ0v) is 41.2. The highest BCUT2D eigenvalue weighted by atomic mass is 35.5. The van der Waals surface area contributed by atoms with Gasteiger partial charge in [0.15, 0.2) is 29.0 Å². The number of hydrogen-bond acceptors (Lipinski definition) is 12. The summed E-state index contributed by atoms with van der Waals surface area (Å²) in [6.07, 6.45) is -0.840. The maximum Gasteiger partial charge on any atom is 0.335 e. The average molecular weight is 995 g/mol. The number of H-pyrrole nitrogens is 2. The van der Waals surface area contributed by atoms with Crippen LogP contribution in [0, 0.1) is 27.7 Å². The van der Waals surface area contributed by atoms with Gasteiger partial charge >= 0.3 is 5.97 Å². The molecule has 362 valence electrons. The molecule has 3 atom stereocenters. The molecular formula is C45H53Cl2N11O9S. The fourth-order valence-electron chi connectivity index (χ4n) is 7.01. The maximum atomic E-state index is 13.5. The molecule has 68 heavy (non-hydrogen) atoms. The Labute approximate surface area is 402 Å². The van der Waals surface area contributed by atoms with Crippen LogP contribution in [0.25, 0.3) is 11.3 Å². The van der Waals surface area contributed by atoms with Gasteiger partial charge < -0.3 is 29.5 Å². The number of sulfonamides is 1. The molecule has 3 unspecified atom stereocenters. The van der Waals surface area contributed by atoms with Crippen molar-refractivity contribution in [2.45, 2.75) is 85.3 Å². The van der Waals surface area contributed by atoms with E-state index in [2.05, 4.69) is 40.5 Å². The maximum absolute atomic E-state index is 13.5. The van der Waals surface area contributed by atoms with E-state index in [4.69, 9.17) is 37.4 Å². The first kappa shape index (κ1) is 50.9. The molecule has 5 N–H and O–H groups in total. The molecular weight excluding hydrogens is 942 g/mol. The fourth-order valence-corrected chi connectivity index (χ4v) is 8.64. The summed E-state index contributed by atoms with van der Waals surface area (Å²) in [6, 6.07) is 15.8. The minimum atomic E-state index is -4.10. The van der Waals surface area contributed by atoms with Crippen LogP contribution in [0.1, 0.15) is 91.1 Å². The number of aromatic amines is 2. The van der Waals surface area contributed by atoms with Gasteiger partial charge in [0.2, 0.25) is 15.9 Å². The Kier molecular flexibility index (Phi) is 16.2. The smallest absolute Gasteiger partial charge is 0.335 e. The third-order valence-electron chi connectivity index (χ3n) is 10.6. The Morgan fingerprint density at radius 1 is 0.897 bits per heavy atom. The van der Waals surface area contributed by atoms with Gasteiger partial charge in [-0.1, -0.05) is 53.9 Å². The molecule has 4 heterocycles. The van der Waals surface area contributed by atoms with E-state index in [0.717, 1.165) is 22.5 Å². The number of rotatable bonds is 18. The molecule has 0 saturated heterocycles. The number of carboxylic acids is 1. The van der Waals surface area contributed by atoms with Crippen molar-refractivity contribution >= 4 is 73.7 Å². The number of aromatic carboxylic acids is 1. The summed E-state index contributed by atoms with van der Waals surface area (Å²) in [5, 5.41) is 31.5. The lowest BCUT2D eigenvalue weighted by Crippen LogP contribution is -2.32. The van der Waals surface area contributed by atoms with Crippen LogP contribution in [-0.4, -0.2) is 103 Å². The molecule has 23 heteroatoms. The molecule has 20 nitrogen and oxygen atoms in total. The standard InChI is InChI=1S/C29H37ClN6O6S.C16H16ClN5O3/c1-7-40-12-13-41-24-11-9-22(32-29(37)21(6)42-23-10-8-17(2)14-18(23)3)15-25(24)43(38,39)31-16-19(4)27-33-28-26(30)20(5)34-36(28)35-27;1-8-13(17)15-19-18-14(22(15)20-8)9(2)21(10(3)23)12-6-4-5-11(7-12)16(24)25/h8-11,14-15,19,21,31,34H,7,12-13,16H2,1-6H3,(H,32,37);4-7,9,20H,1-3H3,(H,24,25). The lowest BCUT2D eigenvalue weighted by atomic mass is 10.1. The van der Waals surface area contributed by atoms with Gasteiger partial charge in [-0.3, -0.25) is 19.8 Å². The quantitative estimate of drug-likeness (QED) is 0.0527. The topological polar surface area (TPSA) is 253 Å². The molecule has 0 spiro atoms. The third-order valence-corrected chi connectivity index (χ3v) is 13.0. The van der Waals surface area contributed by atoms with Crippen LogP contribution in [0.5, 0.6) is 11.5 Å². The second-order valence-corrected chi connectivity index (χ2v) is 18.4. The van der Waals surface area contributed by atoms with Crippen LogP contribution in [0.4, 0.5) is 11.4 Å². The molecule has 0 fully saturated rings. The van der Waals surface area contributed by atoms with Gasteiger partial charge in [-0.05, 0) is 96.5 Å². The Morgan fingerprint density at radius 3 is 2.28 bits per heavy atom. The van der Waals surface area contributed by atoms with Crippen LogP contribution >= 0.6 is 23.2 Å². The minimum absolute atomic E-state index is 0.00184. The van der Waals surface area contributed by atoms with Crippen LogP contribution in [0.15, 0.2) is 65.6 Å². The molecule has 4 aromatic heterocycles. The predicted octanol–water partition coefficient (Wildman–Crippen LogP) is 7.37. The van der Waals surface area contributed by atoms with Crippen LogP contribution in [0.3, 0.4) is 0 Å².